The van der Waals surface area contributed by atoms with Crippen LogP contribution in [0.25, 0.3) is 0 Å². The highest BCUT2D eigenvalue weighted by atomic mass is 32.1. The van der Waals surface area contributed by atoms with Crippen molar-refractivity contribution < 1.29 is 0 Å². The zero-order chi connectivity index (χ0) is 15.6. The van der Waals surface area contributed by atoms with E-state index >= 15 is 0 Å². The molecule has 21 heavy (non-hydrogen) atoms. The molecule has 0 radical (unpaired) electrons. The summed E-state index contributed by atoms with van der Waals surface area (Å²) in [6, 6.07) is 11.3. The summed E-state index contributed by atoms with van der Waals surface area (Å²) >= 11 is 1.80. The van der Waals surface area contributed by atoms with Crippen molar-refractivity contribution in [3.63, 3.8) is 0 Å². The van der Waals surface area contributed by atoms with Gasteiger partial charge in [-0.3, -0.25) is 0 Å². The van der Waals surface area contributed by atoms with E-state index in [0.29, 0.717) is 12.1 Å². The average Bonchev–Trinajstić information content (AvgIpc) is 2.74. The smallest absolute Gasteiger partial charge is 0.0900 e. The van der Waals surface area contributed by atoms with Crippen molar-refractivity contribution in [1.82, 2.24) is 10.3 Å². The van der Waals surface area contributed by atoms with Gasteiger partial charge in [-0.2, -0.15) is 0 Å². The summed E-state index contributed by atoms with van der Waals surface area (Å²) in [5.41, 5.74) is 2.65. The van der Waals surface area contributed by atoms with Crippen molar-refractivity contribution in [3.05, 3.63) is 51.5 Å². The molecule has 0 fully saturated rings. The van der Waals surface area contributed by atoms with Crippen molar-refractivity contribution in [1.29, 1.82) is 0 Å². The Morgan fingerprint density at radius 3 is 2.19 bits per heavy atom. The molecule has 1 aromatic carbocycles. The largest absolute Gasteiger partial charge is 0.302 e. The molecule has 2 unspecified atom stereocenters. The van der Waals surface area contributed by atoms with Crippen LogP contribution >= 0.6 is 11.3 Å². The number of aromatic nitrogens is 1. The zero-order valence-corrected chi connectivity index (χ0v) is 14.7. The average molecular weight is 302 g/mol. The molecule has 0 saturated carbocycles. The fraction of sp³-hybridized carbons (Fsp3) is 0.500. The molecule has 2 rings (SSSR count). The first-order valence-electron chi connectivity index (χ1n) is 7.54. The fourth-order valence-corrected chi connectivity index (χ4v) is 3.71. The second-order valence-electron chi connectivity index (χ2n) is 6.78. The third-order valence-electron chi connectivity index (χ3n) is 3.75. The Morgan fingerprint density at radius 2 is 1.71 bits per heavy atom. The van der Waals surface area contributed by atoms with E-state index in [-0.39, 0.29) is 5.41 Å². The van der Waals surface area contributed by atoms with E-state index in [1.807, 2.05) is 0 Å². The third kappa shape index (κ3) is 3.92. The van der Waals surface area contributed by atoms with Gasteiger partial charge in [-0.15, -0.1) is 11.3 Å². The molecule has 0 bridgehead atoms. The topological polar surface area (TPSA) is 24.9 Å². The molecule has 0 aliphatic heterocycles. The highest BCUT2D eigenvalue weighted by Crippen LogP contribution is 2.36. The van der Waals surface area contributed by atoms with Gasteiger partial charge >= 0.3 is 0 Å². The van der Waals surface area contributed by atoms with Crippen molar-refractivity contribution >= 4 is 11.3 Å². The number of hydrogen-bond donors (Lipinski definition) is 1. The Labute approximate surface area is 132 Å². The lowest BCUT2D eigenvalue weighted by Gasteiger charge is -2.34. The molecule has 0 saturated heterocycles. The number of thiazole rings is 1. The van der Waals surface area contributed by atoms with Gasteiger partial charge < -0.3 is 5.32 Å². The Bertz CT molecular complexity index is 581. The van der Waals surface area contributed by atoms with Gasteiger partial charge in [-0.1, -0.05) is 51.1 Å². The molecule has 0 spiro atoms. The van der Waals surface area contributed by atoms with E-state index in [0.717, 1.165) is 10.7 Å². The van der Waals surface area contributed by atoms with E-state index < -0.39 is 0 Å². The minimum absolute atomic E-state index is 0.156. The Hall–Kier alpha value is -1.19. The normalized spacial score (nSPS) is 15.0. The van der Waals surface area contributed by atoms with Gasteiger partial charge in [-0.25, -0.2) is 4.98 Å². The fourth-order valence-electron chi connectivity index (χ4n) is 2.77. The summed E-state index contributed by atoms with van der Waals surface area (Å²) in [5, 5.41) is 4.96. The van der Waals surface area contributed by atoms with Crippen molar-refractivity contribution in [2.24, 2.45) is 5.41 Å². The van der Waals surface area contributed by atoms with Crippen LogP contribution in [0.1, 0.15) is 60.9 Å². The number of nitrogens with zero attached hydrogens (tertiary/aromatic N) is 1. The van der Waals surface area contributed by atoms with E-state index in [1.54, 1.807) is 11.3 Å². The molecule has 2 aromatic rings. The number of hydrogen-bond acceptors (Lipinski definition) is 3. The standard InChI is InChI=1S/C18H26N2S/c1-12-16(21-14(3)19-12)13(2)20-17(18(4,5)6)15-10-8-7-9-11-15/h7-11,13,17,20H,1-6H3. The molecule has 114 valence electrons. The SMILES string of the molecule is Cc1nc(C)c(C(C)NC(c2ccccc2)C(C)(C)C)s1. The van der Waals surface area contributed by atoms with Gasteiger partial charge in [0.15, 0.2) is 0 Å². The molecular weight excluding hydrogens is 276 g/mol. The second kappa shape index (κ2) is 6.29. The summed E-state index contributed by atoms with van der Waals surface area (Å²) in [6.07, 6.45) is 0. The molecule has 1 aromatic heterocycles. The Balaban J connectivity index is 2.26. The van der Waals surface area contributed by atoms with E-state index in [2.05, 4.69) is 82.2 Å². The lowest BCUT2D eigenvalue weighted by Crippen LogP contribution is -2.34. The maximum atomic E-state index is 4.55. The molecule has 3 heteroatoms. The van der Waals surface area contributed by atoms with Crippen LogP contribution in [0.5, 0.6) is 0 Å². The highest BCUT2D eigenvalue weighted by Gasteiger charge is 2.28. The van der Waals surface area contributed by atoms with Gasteiger partial charge in [0, 0.05) is 17.0 Å². The van der Waals surface area contributed by atoms with E-state index in [1.165, 1.54) is 10.4 Å². The number of benzene rings is 1. The van der Waals surface area contributed by atoms with Crippen molar-refractivity contribution in [2.75, 3.05) is 0 Å². The van der Waals surface area contributed by atoms with Crippen LogP contribution < -0.4 is 5.32 Å². The minimum Gasteiger partial charge on any atom is -0.302 e. The Kier molecular flexibility index (Phi) is 4.84. The number of aryl methyl sites for hydroxylation is 2. The van der Waals surface area contributed by atoms with Gasteiger partial charge in [-0.05, 0) is 31.7 Å². The summed E-state index contributed by atoms with van der Waals surface area (Å²) in [5.74, 6) is 0. The molecule has 2 atom stereocenters. The van der Waals surface area contributed by atoms with Crippen molar-refractivity contribution in [2.45, 2.75) is 53.6 Å². The summed E-state index contributed by atoms with van der Waals surface area (Å²) < 4.78 is 0. The number of nitrogens with one attached hydrogen (secondary N) is 1. The lowest BCUT2D eigenvalue weighted by atomic mass is 9.82. The van der Waals surface area contributed by atoms with Crippen LogP contribution in [0, 0.1) is 19.3 Å². The summed E-state index contributed by atoms with van der Waals surface area (Å²) in [7, 11) is 0. The first-order chi connectivity index (χ1) is 9.79. The molecule has 0 amide bonds. The zero-order valence-electron chi connectivity index (χ0n) is 13.9. The van der Waals surface area contributed by atoms with Crippen LogP contribution in [0.4, 0.5) is 0 Å². The molecule has 0 aliphatic rings. The maximum absolute atomic E-state index is 4.55. The molecule has 0 aliphatic carbocycles. The van der Waals surface area contributed by atoms with Crippen LogP contribution in [-0.4, -0.2) is 4.98 Å². The van der Waals surface area contributed by atoms with Gasteiger partial charge in [0.05, 0.1) is 10.7 Å². The van der Waals surface area contributed by atoms with Crippen LogP contribution in [0.3, 0.4) is 0 Å². The summed E-state index contributed by atoms with van der Waals surface area (Å²) in [4.78, 5) is 5.90. The highest BCUT2D eigenvalue weighted by molar-refractivity contribution is 7.11. The monoisotopic (exact) mass is 302 g/mol. The van der Waals surface area contributed by atoms with Crippen molar-refractivity contribution in [3.8, 4) is 0 Å². The quantitative estimate of drug-likeness (QED) is 0.840. The van der Waals surface area contributed by atoms with Crippen LogP contribution in [0.2, 0.25) is 0 Å². The predicted molar refractivity (Wildman–Crippen MR) is 91.8 cm³/mol. The first kappa shape index (κ1) is 16.2. The summed E-state index contributed by atoms with van der Waals surface area (Å²) in [6.45, 7) is 13.3. The second-order valence-corrected chi connectivity index (χ2v) is 8.02. The van der Waals surface area contributed by atoms with Gasteiger partial charge in [0.1, 0.15) is 0 Å². The molecule has 1 heterocycles. The minimum atomic E-state index is 0.156. The first-order valence-corrected chi connectivity index (χ1v) is 8.35. The molecule has 1 N–H and O–H groups in total. The Morgan fingerprint density at radius 1 is 1.10 bits per heavy atom. The van der Waals surface area contributed by atoms with Gasteiger partial charge in [0.25, 0.3) is 0 Å². The van der Waals surface area contributed by atoms with E-state index in [4.69, 9.17) is 0 Å². The van der Waals surface area contributed by atoms with E-state index in [9.17, 15) is 0 Å². The van der Waals surface area contributed by atoms with Gasteiger partial charge in [0.2, 0.25) is 0 Å². The van der Waals surface area contributed by atoms with Crippen LogP contribution in [-0.2, 0) is 0 Å². The lowest BCUT2D eigenvalue weighted by molar-refractivity contribution is 0.255. The molecule has 2 nitrogen and oxygen atoms in total. The number of rotatable bonds is 4. The molecular formula is C18H26N2S. The predicted octanol–water partition coefficient (Wildman–Crippen LogP) is 5.20. The third-order valence-corrected chi connectivity index (χ3v) is 5.00. The maximum Gasteiger partial charge on any atom is 0.0900 e. The van der Waals surface area contributed by atoms with Crippen LogP contribution in [0.15, 0.2) is 30.3 Å².